The number of anilines is 1. The van der Waals surface area contributed by atoms with Crippen LogP contribution in [-0.4, -0.2) is 116 Å². The third kappa shape index (κ3) is 7.27. The largest absolute Gasteiger partial charge is 0.379 e. The lowest BCUT2D eigenvalue weighted by Gasteiger charge is -2.43. The van der Waals surface area contributed by atoms with Crippen LogP contribution in [0.1, 0.15) is 29.5 Å². The van der Waals surface area contributed by atoms with Crippen molar-refractivity contribution in [3.05, 3.63) is 59.3 Å². The number of piperidine rings is 1. The van der Waals surface area contributed by atoms with Crippen LogP contribution in [-0.2, 0) is 32.8 Å². The Morgan fingerprint density at radius 3 is 2.64 bits per heavy atom. The number of amides is 3. The highest BCUT2D eigenvalue weighted by Gasteiger charge is 2.38. The number of nitrogens with zero attached hydrogens (tertiary/aromatic N) is 4. The number of para-hydroxylation sites is 1. The van der Waals surface area contributed by atoms with Crippen LogP contribution in [0.25, 0.3) is 10.9 Å². The van der Waals surface area contributed by atoms with Gasteiger partial charge in [-0.1, -0.05) is 24.3 Å². The number of H-pyrrole nitrogens is 1. The van der Waals surface area contributed by atoms with E-state index < -0.39 is 6.04 Å². The van der Waals surface area contributed by atoms with Gasteiger partial charge in [0.15, 0.2) is 0 Å². The Labute approximate surface area is 258 Å². The molecule has 44 heavy (non-hydrogen) atoms. The Bertz CT molecular complexity index is 1410. The van der Waals surface area contributed by atoms with Gasteiger partial charge in [-0.3, -0.25) is 14.8 Å². The van der Waals surface area contributed by atoms with Crippen molar-refractivity contribution in [3.63, 3.8) is 0 Å². The number of nitrogens with one attached hydrogen (secondary N) is 4. The maximum Gasteiger partial charge on any atom is 0.317 e. The number of aromatic amines is 1. The molecular formula is C32H44N8O4. The third-order valence-corrected chi connectivity index (χ3v) is 9.12. The summed E-state index contributed by atoms with van der Waals surface area (Å²) in [6.45, 7) is 7.05. The van der Waals surface area contributed by atoms with Crippen molar-refractivity contribution < 1.29 is 19.1 Å². The fourth-order valence-corrected chi connectivity index (χ4v) is 6.44. The highest BCUT2D eigenvalue weighted by Crippen LogP contribution is 2.36. The van der Waals surface area contributed by atoms with Crippen LogP contribution in [0.2, 0.25) is 0 Å². The first-order valence-corrected chi connectivity index (χ1v) is 15.4. The van der Waals surface area contributed by atoms with Gasteiger partial charge in [-0.25, -0.2) is 4.79 Å². The molecule has 236 valence electrons. The molecule has 0 aliphatic carbocycles. The molecule has 5 rings (SSSR count). The maximum absolute atomic E-state index is 13.4. The number of benzene rings is 2. The van der Waals surface area contributed by atoms with Crippen molar-refractivity contribution in [3.8, 4) is 0 Å². The molecule has 1 atom stereocenters. The molecule has 0 spiro atoms. The summed E-state index contributed by atoms with van der Waals surface area (Å²) in [5.41, 5.74) is 4.45. The molecule has 3 heterocycles. The van der Waals surface area contributed by atoms with Gasteiger partial charge in [0.1, 0.15) is 6.29 Å². The number of rotatable bonds is 13. The monoisotopic (exact) mass is 604 g/mol. The van der Waals surface area contributed by atoms with Gasteiger partial charge in [-0.15, -0.1) is 0 Å². The number of likely N-dealkylation sites (tertiary alicyclic amines) is 1. The minimum Gasteiger partial charge on any atom is -0.379 e. The van der Waals surface area contributed by atoms with Crippen molar-refractivity contribution >= 4 is 35.3 Å². The van der Waals surface area contributed by atoms with Gasteiger partial charge < -0.3 is 35.3 Å². The molecule has 2 aliphatic rings. The zero-order valence-corrected chi connectivity index (χ0v) is 25.7. The predicted octanol–water partition coefficient (Wildman–Crippen LogP) is 1.93. The smallest absolute Gasteiger partial charge is 0.317 e. The predicted molar refractivity (Wildman–Crippen MR) is 169 cm³/mol. The fourth-order valence-electron chi connectivity index (χ4n) is 6.44. The number of hydrogen-bond acceptors (Lipinski definition) is 8. The summed E-state index contributed by atoms with van der Waals surface area (Å²) < 4.78 is 5.47. The highest BCUT2D eigenvalue weighted by atomic mass is 16.5. The summed E-state index contributed by atoms with van der Waals surface area (Å²) in [5.74, 6) is 0. The van der Waals surface area contributed by atoms with Crippen molar-refractivity contribution in [2.45, 2.75) is 37.4 Å². The molecule has 0 radical (unpaired) electrons. The number of ether oxygens (including phenoxy) is 1. The van der Waals surface area contributed by atoms with Gasteiger partial charge in [0.2, 0.25) is 6.41 Å². The van der Waals surface area contributed by atoms with Crippen LogP contribution in [0.4, 0.5) is 10.5 Å². The topological polar surface area (TPSA) is 135 Å². The summed E-state index contributed by atoms with van der Waals surface area (Å²) in [7, 11) is 4.02. The van der Waals surface area contributed by atoms with Crippen LogP contribution in [0.15, 0.2) is 42.6 Å². The number of hydrogen-bond donors (Lipinski definition) is 4. The van der Waals surface area contributed by atoms with Crippen LogP contribution in [0.5, 0.6) is 0 Å². The zero-order chi connectivity index (χ0) is 30.9. The van der Waals surface area contributed by atoms with Crippen LogP contribution < -0.4 is 16.0 Å². The highest BCUT2D eigenvalue weighted by molar-refractivity contribution is 5.83. The normalized spacial score (nSPS) is 17.8. The first kappa shape index (κ1) is 31.6. The number of carbonyl (C=O) groups is 3. The number of urea groups is 1. The summed E-state index contributed by atoms with van der Waals surface area (Å²) in [5, 5.41) is 17.6. The van der Waals surface area contributed by atoms with E-state index in [1.807, 2.05) is 49.6 Å². The molecule has 12 nitrogen and oxygen atoms in total. The van der Waals surface area contributed by atoms with Crippen molar-refractivity contribution in [1.82, 2.24) is 35.5 Å². The molecule has 0 unspecified atom stereocenters. The summed E-state index contributed by atoms with van der Waals surface area (Å²) in [6, 6.07) is 10.8. The second-order valence-electron chi connectivity index (χ2n) is 11.7. The third-order valence-electron chi connectivity index (χ3n) is 9.12. The molecule has 3 aromatic rings. The lowest BCUT2D eigenvalue weighted by Crippen LogP contribution is -2.55. The van der Waals surface area contributed by atoms with E-state index in [1.54, 1.807) is 4.90 Å². The number of likely N-dealkylation sites (N-methyl/N-ethyl adjacent to an activating group) is 1. The van der Waals surface area contributed by atoms with E-state index in [0.717, 1.165) is 79.0 Å². The molecule has 4 N–H and O–H groups in total. The second kappa shape index (κ2) is 14.8. The maximum atomic E-state index is 13.4. The van der Waals surface area contributed by atoms with Gasteiger partial charge in [0.25, 0.3) is 0 Å². The van der Waals surface area contributed by atoms with E-state index in [-0.39, 0.29) is 11.6 Å². The van der Waals surface area contributed by atoms with E-state index in [2.05, 4.69) is 43.0 Å². The Morgan fingerprint density at radius 2 is 1.91 bits per heavy atom. The average molecular weight is 605 g/mol. The first-order chi connectivity index (χ1) is 21.5. The van der Waals surface area contributed by atoms with Gasteiger partial charge in [0, 0.05) is 62.4 Å². The standard InChI is InChI=1S/C32H44N8O4/c1-33-32(28-5-3-4-6-30(28)34-23-42)9-11-40(12-10-32)31(43)36-25(22-41)19-24-7-8-29-26(20-35-37-29)27(24)21-38(2)13-14-39-15-17-44-18-16-39/h3-8,20,22-23,25,33H,9-19,21H2,1-2H3,(H,34,42)(H,35,37)(H,36,43)/t25-/m1/s1. The summed E-state index contributed by atoms with van der Waals surface area (Å²) >= 11 is 0. The number of aldehydes is 1. The molecule has 0 bridgehead atoms. The van der Waals surface area contributed by atoms with Gasteiger partial charge in [-0.2, -0.15) is 5.10 Å². The number of morpholine rings is 1. The number of fused-ring (bicyclic) bond motifs is 1. The van der Waals surface area contributed by atoms with Gasteiger partial charge in [0.05, 0.1) is 31.0 Å². The minimum absolute atomic E-state index is 0.250. The lowest BCUT2D eigenvalue weighted by atomic mass is 9.80. The van der Waals surface area contributed by atoms with Crippen LogP contribution in [0.3, 0.4) is 0 Å². The Hall–Kier alpha value is -3.84. The summed E-state index contributed by atoms with van der Waals surface area (Å²) in [4.78, 5) is 43.3. The molecule has 12 heteroatoms. The zero-order valence-electron chi connectivity index (χ0n) is 25.7. The first-order valence-electron chi connectivity index (χ1n) is 15.4. The van der Waals surface area contributed by atoms with E-state index in [4.69, 9.17) is 4.74 Å². The average Bonchev–Trinajstić information content (AvgIpc) is 3.55. The Morgan fingerprint density at radius 1 is 1.14 bits per heavy atom. The van der Waals surface area contributed by atoms with Crippen molar-refractivity contribution in [2.75, 3.05) is 71.9 Å². The fraction of sp³-hybridized carbons (Fsp3) is 0.500. The lowest BCUT2D eigenvalue weighted by molar-refractivity contribution is -0.109. The van der Waals surface area contributed by atoms with Crippen LogP contribution in [0, 0.1) is 0 Å². The molecule has 2 fully saturated rings. The van der Waals surface area contributed by atoms with Gasteiger partial charge >= 0.3 is 6.03 Å². The SMILES string of the molecule is CNC1(c2ccccc2NC=O)CCN(C(=O)N[C@@H](C=O)Cc2ccc3[nH]ncc3c2CN(C)CCN2CCOCC2)CC1. The minimum atomic E-state index is -0.669. The Balaban J connectivity index is 1.22. The molecule has 2 aromatic carbocycles. The Kier molecular flexibility index (Phi) is 10.6. The van der Waals surface area contributed by atoms with Crippen LogP contribution >= 0.6 is 0 Å². The van der Waals surface area contributed by atoms with E-state index >= 15 is 0 Å². The molecule has 1 aromatic heterocycles. The van der Waals surface area contributed by atoms with E-state index in [0.29, 0.717) is 45.3 Å². The molecule has 2 aliphatic heterocycles. The van der Waals surface area contributed by atoms with Gasteiger partial charge in [-0.05, 0) is 62.2 Å². The second-order valence-corrected chi connectivity index (χ2v) is 11.7. The molecule has 3 amide bonds. The van der Waals surface area contributed by atoms with Crippen molar-refractivity contribution in [2.24, 2.45) is 0 Å². The molecule has 0 saturated carbocycles. The van der Waals surface area contributed by atoms with E-state index in [1.165, 1.54) is 0 Å². The summed E-state index contributed by atoms with van der Waals surface area (Å²) in [6.07, 6.45) is 5.07. The van der Waals surface area contributed by atoms with Crippen molar-refractivity contribution in [1.29, 1.82) is 0 Å². The quantitative estimate of drug-likeness (QED) is 0.218. The number of carbonyl (C=O) groups excluding carboxylic acids is 3. The molecule has 2 saturated heterocycles. The van der Waals surface area contributed by atoms with E-state index in [9.17, 15) is 14.4 Å². The number of aromatic nitrogens is 2. The molecular weight excluding hydrogens is 560 g/mol.